The largest absolute Gasteiger partial charge is 0.326 e. The highest BCUT2D eigenvalue weighted by Gasteiger charge is 2.17. The number of fused-ring (bicyclic) bond motifs is 1. The first kappa shape index (κ1) is 19.8. The van der Waals surface area contributed by atoms with Gasteiger partial charge in [0.25, 0.3) is 5.91 Å². The number of carbonyl (C=O) groups excluding carboxylic acids is 2. The number of amides is 2. The lowest BCUT2D eigenvalue weighted by atomic mass is 10.1. The molecule has 2 amide bonds. The molecular formula is C23H18N6O2. The second kappa shape index (κ2) is 8.08. The summed E-state index contributed by atoms with van der Waals surface area (Å²) in [5.74, 6) is -0.421. The average molecular weight is 410 g/mol. The zero-order valence-corrected chi connectivity index (χ0v) is 16.9. The molecule has 2 aromatic carbocycles. The van der Waals surface area contributed by atoms with Crippen LogP contribution in [0.2, 0.25) is 0 Å². The van der Waals surface area contributed by atoms with Crippen LogP contribution in [0.3, 0.4) is 0 Å². The molecule has 152 valence electrons. The molecule has 0 aliphatic carbocycles. The zero-order valence-electron chi connectivity index (χ0n) is 16.9. The van der Waals surface area contributed by atoms with Crippen molar-refractivity contribution in [2.24, 2.45) is 0 Å². The van der Waals surface area contributed by atoms with Crippen LogP contribution in [0.15, 0.2) is 67.1 Å². The van der Waals surface area contributed by atoms with E-state index in [1.54, 1.807) is 54.3 Å². The number of nitriles is 1. The van der Waals surface area contributed by atoms with E-state index in [1.807, 2.05) is 24.3 Å². The van der Waals surface area contributed by atoms with E-state index in [2.05, 4.69) is 21.4 Å². The van der Waals surface area contributed by atoms with Gasteiger partial charge in [-0.15, -0.1) is 0 Å². The smallest absolute Gasteiger partial charge is 0.278 e. The lowest BCUT2D eigenvalue weighted by Crippen LogP contribution is -2.27. The Hall–Kier alpha value is -4.51. The predicted octanol–water partition coefficient (Wildman–Crippen LogP) is 3.50. The monoisotopic (exact) mass is 410 g/mol. The Balaban J connectivity index is 1.65. The third-order valence-corrected chi connectivity index (χ3v) is 4.80. The van der Waals surface area contributed by atoms with Gasteiger partial charge in [0.1, 0.15) is 5.69 Å². The minimum Gasteiger partial charge on any atom is -0.326 e. The summed E-state index contributed by atoms with van der Waals surface area (Å²) in [6, 6.07) is 16.2. The van der Waals surface area contributed by atoms with Crippen LogP contribution in [-0.4, -0.2) is 33.2 Å². The van der Waals surface area contributed by atoms with Gasteiger partial charge >= 0.3 is 0 Å². The second-order valence-electron chi connectivity index (χ2n) is 6.93. The summed E-state index contributed by atoms with van der Waals surface area (Å²) in [7, 11) is 1.66. The number of anilines is 2. The van der Waals surface area contributed by atoms with E-state index in [-0.39, 0.29) is 17.5 Å². The number of carbonyl (C=O) groups is 2. The number of nitrogens with zero attached hydrogens (tertiary/aromatic N) is 5. The van der Waals surface area contributed by atoms with Gasteiger partial charge in [-0.05, 0) is 36.4 Å². The van der Waals surface area contributed by atoms with Crippen LogP contribution < -0.4 is 10.2 Å². The Morgan fingerprint density at radius 1 is 1.03 bits per heavy atom. The van der Waals surface area contributed by atoms with Crippen LogP contribution in [-0.2, 0) is 4.79 Å². The molecule has 0 bridgehead atoms. The summed E-state index contributed by atoms with van der Waals surface area (Å²) in [6.07, 6.45) is 4.92. The van der Waals surface area contributed by atoms with Crippen LogP contribution in [0.5, 0.6) is 0 Å². The van der Waals surface area contributed by atoms with Crippen molar-refractivity contribution in [2.75, 3.05) is 17.3 Å². The van der Waals surface area contributed by atoms with E-state index < -0.39 is 0 Å². The minimum absolute atomic E-state index is 0.136. The van der Waals surface area contributed by atoms with Gasteiger partial charge in [0.05, 0.1) is 29.7 Å². The first-order valence-corrected chi connectivity index (χ1v) is 9.45. The van der Waals surface area contributed by atoms with Gasteiger partial charge in [0, 0.05) is 37.1 Å². The number of nitrogens with one attached hydrogen (secondary N) is 1. The molecule has 2 heterocycles. The van der Waals surface area contributed by atoms with Crippen LogP contribution in [0, 0.1) is 11.3 Å². The number of rotatable bonds is 4. The number of imidazole rings is 1. The maximum Gasteiger partial charge on any atom is 0.278 e. The number of hydrogen-bond donors (Lipinski definition) is 1. The zero-order chi connectivity index (χ0) is 22.0. The van der Waals surface area contributed by atoms with Crippen molar-refractivity contribution in [1.82, 2.24) is 14.4 Å². The summed E-state index contributed by atoms with van der Waals surface area (Å²) in [4.78, 5) is 34.3. The van der Waals surface area contributed by atoms with Gasteiger partial charge in [-0.3, -0.25) is 14.0 Å². The first-order valence-electron chi connectivity index (χ1n) is 9.45. The molecule has 4 aromatic rings. The summed E-state index contributed by atoms with van der Waals surface area (Å²) < 4.78 is 1.81. The Kier molecular flexibility index (Phi) is 5.16. The molecule has 0 atom stereocenters. The molecule has 4 rings (SSSR count). The minimum atomic E-state index is -0.285. The highest BCUT2D eigenvalue weighted by atomic mass is 16.2. The third kappa shape index (κ3) is 3.97. The molecule has 2 aromatic heterocycles. The molecule has 0 saturated carbocycles. The normalized spacial score (nSPS) is 10.5. The molecule has 0 unspecified atom stereocenters. The van der Waals surface area contributed by atoms with Crippen molar-refractivity contribution >= 4 is 28.8 Å². The molecule has 8 heteroatoms. The van der Waals surface area contributed by atoms with E-state index in [0.29, 0.717) is 22.6 Å². The molecule has 0 fully saturated rings. The Morgan fingerprint density at radius 3 is 2.39 bits per heavy atom. The van der Waals surface area contributed by atoms with Gasteiger partial charge in [-0.1, -0.05) is 12.1 Å². The summed E-state index contributed by atoms with van der Waals surface area (Å²) in [5.41, 5.74) is 4.43. The van der Waals surface area contributed by atoms with Gasteiger partial charge in [-0.2, -0.15) is 5.26 Å². The molecule has 0 aliphatic rings. The van der Waals surface area contributed by atoms with E-state index in [9.17, 15) is 9.59 Å². The molecular weight excluding hydrogens is 392 g/mol. The maximum absolute atomic E-state index is 13.0. The fraction of sp³-hybridized carbons (Fsp3) is 0.0870. The molecule has 0 saturated heterocycles. The topological polar surface area (TPSA) is 103 Å². The summed E-state index contributed by atoms with van der Waals surface area (Å²) >= 11 is 0. The SMILES string of the molecule is CC(=O)Nc1ccc(-c2cnc3cnc(C(=O)N(C)c4ccc(C#N)cc4)cn23)cc1. The van der Waals surface area contributed by atoms with E-state index >= 15 is 0 Å². The molecule has 8 nitrogen and oxygen atoms in total. The highest BCUT2D eigenvalue weighted by Crippen LogP contribution is 2.23. The van der Waals surface area contributed by atoms with Crippen molar-refractivity contribution in [3.63, 3.8) is 0 Å². The third-order valence-electron chi connectivity index (χ3n) is 4.80. The van der Waals surface area contributed by atoms with E-state index in [1.165, 1.54) is 11.8 Å². The lowest BCUT2D eigenvalue weighted by molar-refractivity contribution is -0.114. The number of hydrogen-bond acceptors (Lipinski definition) is 5. The Bertz CT molecular complexity index is 1320. The van der Waals surface area contributed by atoms with Crippen molar-refractivity contribution < 1.29 is 9.59 Å². The first-order chi connectivity index (χ1) is 15.0. The Morgan fingerprint density at radius 2 is 1.74 bits per heavy atom. The van der Waals surface area contributed by atoms with Crippen LogP contribution in [0.25, 0.3) is 16.9 Å². The maximum atomic E-state index is 13.0. The molecule has 1 N–H and O–H groups in total. The second-order valence-corrected chi connectivity index (χ2v) is 6.93. The van der Waals surface area contributed by atoms with Crippen LogP contribution >= 0.6 is 0 Å². The quantitative estimate of drug-likeness (QED) is 0.555. The van der Waals surface area contributed by atoms with Crippen LogP contribution in [0.1, 0.15) is 23.0 Å². The molecule has 0 spiro atoms. The fourth-order valence-electron chi connectivity index (χ4n) is 3.19. The van der Waals surface area contributed by atoms with E-state index in [4.69, 9.17) is 5.26 Å². The van der Waals surface area contributed by atoms with Gasteiger partial charge in [0.2, 0.25) is 5.91 Å². The molecule has 0 aliphatic heterocycles. The van der Waals surface area contributed by atoms with Crippen LogP contribution in [0.4, 0.5) is 11.4 Å². The Labute approximate surface area is 178 Å². The number of benzene rings is 2. The van der Waals surface area contributed by atoms with Crippen molar-refractivity contribution in [3.05, 3.63) is 78.4 Å². The standard InChI is InChI=1S/C23H18N6O2/c1-15(30)27-18-7-5-17(6-8-18)21-12-26-22-13-25-20(14-29(21)22)23(31)28(2)19-9-3-16(11-24)4-10-19/h3-10,12-14H,1-2H3,(H,27,30). The fourth-order valence-corrected chi connectivity index (χ4v) is 3.19. The average Bonchev–Trinajstić information content (AvgIpc) is 3.21. The predicted molar refractivity (Wildman–Crippen MR) is 117 cm³/mol. The van der Waals surface area contributed by atoms with Crippen molar-refractivity contribution in [1.29, 1.82) is 5.26 Å². The van der Waals surface area contributed by atoms with Gasteiger partial charge in [0.15, 0.2) is 5.65 Å². The summed E-state index contributed by atoms with van der Waals surface area (Å²) in [6.45, 7) is 1.46. The van der Waals surface area contributed by atoms with Gasteiger partial charge in [-0.25, -0.2) is 9.97 Å². The van der Waals surface area contributed by atoms with Crippen molar-refractivity contribution in [3.8, 4) is 17.3 Å². The molecule has 31 heavy (non-hydrogen) atoms. The summed E-state index contributed by atoms with van der Waals surface area (Å²) in [5, 5.41) is 11.7. The van der Waals surface area contributed by atoms with E-state index in [0.717, 1.165) is 11.3 Å². The lowest BCUT2D eigenvalue weighted by Gasteiger charge is -2.17. The molecule has 0 radical (unpaired) electrons. The number of aromatic nitrogens is 3. The highest BCUT2D eigenvalue weighted by molar-refractivity contribution is 6.04. The van der Waals surface area contributed by atoms with Crippen molar-refractivity contribution in [2.45, 2.75) is 6.92 Å². The van der Waals surface area contributed by atoms with Gasteiger partial charge < -0.3 is 10.2 Å².